The monoisotopic (exact) mass is 396 g/mol. The van der Waals surface area contributed by atoms with Crippen molar-refractivity contribution in [2.45, 2.75) is 17.9 Å². The molecule has 0 aromatic carbocycles. The fraction of sp³-hybridized carbons (Fsp3) is 0.467. The molecule has 0 radical (unpaired) electrons. The number of carboxylic acids is 1. The fourth-order valence-corrected chi connectivity index (χ4v) is 4.40. The lowest BCUT2D eigenvalue weighted by atomic mass is 10.2. The number of nitrogens with zero attached hydrogens (tertiary/aromatic N) is 6. The molecule has 27 heavy (non-hydrogen) atoms. The van der Waals surface area contributed by atoms with E-state index in [4.69, 9.17) is 5.11 Å². The van der Waals surface area contributed by atoms with Crippen molar-refractivity contribution in [2.24, 2.45) is 7.05 Å². The van der Waals surface area contributed by atoms with Crippen molar-refractivity contribution in [3.05, 3.63) is 30.4 Å². The Morgan fingerprint density at radius 1 is 1.19 bits per heavy atom. The minimum Gasteiger partial charge on any atom is -0.477 e. The number of aromatic nitrogens is 4. The van der Waals surface area contributed by atoms with E-state index in [1.807, 2.05) is 0 Å². The Labute approximate surface area is 155 Å². The normalized spacial score (nSPS) is 17.0. The summed E-state index contributed by atoms with van der Waals surface area (Å²) in [6, 6.07) is 0.525. The summed E-state index contributed by atoms with van der Waals surface area (Å²) < 4.78 is 29.1. The molecule has 1 fully saturated rings. The van der Waals surface area contributed by atoms with Gasteiger partial charge < -0.3 is 10.0 Å². The molecule has 1 atom stereocenters. The van der Waals surface area contributed by atoms with Crippen LogP contribution in [0.4, 0.5) is 0 Å². The molecule has 12 heteroatoms. The molecule has 0 saturated carbocycles. The first-order valence-corrected chi connectivity index (χ1v) is 9.70. The van der Waals surface area contributed by atoms with Gasteiger partial charge in [-0.3, -0.25) is 9.48 Å². The second-order valence-corrected chi connectivity index (χ2v) is 8.16. The van der Waals surface area contributed by atoms with E-state index in [-0.39, 0.29) is 42.7 Å². The van der Waals surface area contributed by atoms with Gasteiger partial charge in [0.1, 0.15) is 16.6 Å². The van der Waals surface area contributed by atoms with Crippen LogP contribution < -0.4 is 0 Å². The van der Waals surface area contributed by atoms with E-state index in [1.54, 1.807) is 14.0 Å². The number of piperazine rings is 1. The fourth-order valence-electron chi connectivity index (χ4n) is 2.99. The molecule has 1 unspecified atom stereocenters. The third kappa shape index (κ3) is 3.57. The van der Waals surface area contributed by atoms with Gasteiger partial charge in [0, 0.05) is 45.6 Å². The summed E-state index contributed by atoms with van der Waals surface area (Å²) in [6.45, 7) is 2.31. The summed E-state index contributed by atoms with van der Waals surface area (Å²) in [5.41, 5.74) is -0.0753. The first-order valence-electron chi connectivity index (χ1n) is 8.26. The number of carbonyl (C=O) groups excluding carboxylic acids is 1. The lowest BCUT2D eigenvalue weighted by molar-refractivity contribution is -0.135. The molecule has 0 spiro atoms. The second-order valence-electron chi connectivity index (χ2n) is 6.22. The average molecular weight is 396 g/mol. The van der Waals surface area contributed by atoms with Crippen LogP contribution in [0.15, 0.2) is 29.6 Å². The zero-order valence-electron chi connectivity index (χ0n) is 14.9. The van der Waals surface area contributed by atoms with E-state index in [0.29, 0.717) is 0 Å². The van der Waals surface area contributed by atoms with E-state index in [9.17, 15) is 18.0 Å². The van der Waals surface area contributed by atoms with Crippen molar-refractivity contribution in [1.82, 2.24) is 28.8 Å². The number of sulfonamides is 1. The number of amides is 1. The highest BCUT2D eigenvalue weighted by atomic mass is 32.2. The van der Waals surface area contributed by atoms with Crippen LogP contribution in [-0.4, -0.2) is 80.3 Å². The molecule has 11 nitrogen and oxygen atoms in total. The van der Waals surface area contributed by atoms with Gasteiger partial charge in [-0.15, -0.1) is 0 Å². The van der Waals surface area contributed by atoms with Crippen LogP contribution in [0.5, 0.6) is 0 Å². The van der Waals surface area contributed by atoms with E-state index in [0.717, 1.165) is 4.68 Å². The van der Waals surface area contributed by atoms with Crippen LogP contribution in [0.2, 0.25) is 0 Å². The number of carboxylic acid groups (broad SMARTS) is 1. The summed E-state index contributed by atoms with van der Waals surface area (Å²) in [5, 5.41) is 17.0. The predicted octanol–water partition coefficient (Wildman–Crippen LogP) is -0.591. The summed E-state index contributed by atoms with van der Waals surface area (Å²) in [7, 11) is -2.02. The van der Waals surface area contributed by atoms with Crippen LogP contribution in [0.25, 0.3) is 0 Å². The van der Waals surface area contributed by atoms with Crippen LogP contribution >= 0.6 is 0 Å². The predicted molar refractivity (Wildman–Crippen MR) is 92.4 cm³/mol. The number of aryl methyl sites for hydroxylation is 1. The maximum atomic E-state index is 12.7. The Morgan fingerprint density at radius 2 is 1.85 bits per heavy atom. The zero-order valence-corrected chi connectivity index (χ0v) is 15.7. The van der Waals surface area contributed by atoms with Gasteiger partial charge in [-0.1, -0.05) is 0 Å². The van der Waals surface area contributed by atoms with Crippen LogP contribution in [0.3, 0.4) is 0 Å². The Kier molecular flexibility index (Phi) is 5.02. The van der Waals surface area contributed by atoms with Crippen LogP contribution in [0.1, 0.15) is 23.5 Å². The maximum absolute atomic E-state index is 12.7. The smallest absolute Gasteiger partial charge is 0.354 e. The molecule has 0 bridgehead atoms. The molecule has 3 rings (SSSR count). The number of aromatic carboxylic acids is 1. The van der Waals surface area contributed by atoms with E-state index in [2.05, 4.69) is 10.2 Å². The standard InChI is InChI=1S/C15H20N6O5S/c1-11(21-13(15(23)24)3-4-16-21)14(22)19-5-7-20(8-6-19)27(25,26)12-9-17-18(2)10-12/h3-4,9-11H,5-8H2,1-2H3,(H,23,24). The molecular weight excluding hydrogens is 376 g/mol. The maximum Gasteiger partial charge on any atom is 0.354 e. The van der Waals surface area contributed by atoms with Crippen molar-refractivity contribution >= 4 is 21.9 Å². The first kappa shape index (κ1) is 19.0. The molecule has 2 aromatic rings. The Bertz CT molecular complexity index is 957. The topological polar surface area (TPSA) is 131 Å². The van der Waals surface area contributed by atoms with Gasteiger partial charge in [0.2, 0.25) is 15.9 Å². The molecule has 1 aliphatic heterocycles. The molecule has 3 heterocycles. The quantitative estimate of drug-likeness (QED) is 0.715. The lowest BCUT2D eigenvalue weighted by Crippen LogP contribution is -2.51. The minimum absolute atomic E-state index is 0.0753. The van der Waals surface area contributed by atoms with Crippen molar-refractivity contribution in [3.63, 3.8) is 0 Å². The summed E-state index contributed by atoms with van der Waals surface area (Å²) in [4.78, 5) is 25.5. The SMILES string of the molecule is CC(C(=O)N1CCN(S(=O)(=O)c2cnn(C)c2)CC1)n1nccc1C(=O)O. The van der Waals surface area contributed by atoms with Crippen LogP contribution in [0, 0.1) is 0 Å². The highest BCUT2D eigenvalue weighted by Gasteiger charge is 2.33. The third-order valence-electron chi connectivity index (χ3n) is 4.48. The number of carbonyl (C=O) groups is 2. The van der Waals surface area contributed by atoms with Gasteiger partial charge in [-0.25, -0.2) is 17.9 Å². The van der Waals surface area contributed by atoms with E-state index < -0.39 is 22.0 Å². The molecule has 1 saturated heterocycles. The molecule has 1 N–H and O–H groups in total. The Morgan fingerprint density at radius 3 is 2.41 bits per heavy atom. The van der Waals surface area contributed by atoms with Crippen molar-refractivity contribution < 1.29 is 23.1 Å². The molecule has 0 aliphatic carbocycles. The first-order chi connectivity index (χ1) is 12.7. The Hall–Kier alpha value is -2.73. The molecule has 146 valence electrons. The third-order valence-corrected chi connectivity index (χ3v) is 6.33. The highest BCUT2D eigenvalue weighted by Crippen LogP contribution is 2.19. The van der Waals surface area contributed by atoms with Gasteiger partial charge in [-0.2, -0.15) is 14.5 Å². The molecule has 1 aliphatic rings. The second kappa shape index (κ2) is 7.12. The van der Waals surface area contributed by atoms with Crippen molar-refractivity contribution in [1.29, 1.82) is 0 Å². The summed E-state index contributed by atoms with van der Waals surface area (Å²) in [6.07, 6.45) is 4.05. The van der Waals surface area contributed by atoms with Gasteiger partial charge in [0.05, 0.1) is 6.20 Å². The minimum atomic E-state index is -3.65. The summed E-state index contributed by atoms with van der Waals surface area (Å²) in [5.74, 6) is -1.47. The van der Waals surface area contributed by atoms with E-state index >= 15 is 0 Å². The van der Waals surface area contributed by atoms with Gasteiger partial charge in [0.25, 0.3) is 0 Å². The largest absolute Gasteiger partial charge is 0.477 e. The Balaban J connectivity index is 1.67. The van der Waals surface area contributed by atoms with Gasteiger partial charge in [0.15, 0.2) is 0 Å². The van der Waals surface area contributed by atoms with Crippen molar-refractivity contribution in [3.8, 4) is 0 Å². The van der Waals surface area contributed by atoms with Crippen molar-refractivity contribution in [2.75, 3.05) is 26.2 Å². The van der Waals surface area contributed by atoms with Gasteiger partial charge in [-0.05, 0) is 13.0 Å². The number of hydrogen-bond acceptors (Lipinski definition) is 6. The molecule has 1 amide bonds. The molecular formula is C15H20N6O5S. The molecule has 2 aromatic heterocycles. The van der Waals surface area contributed by atoms with Crippen LogP contribution in [-0.2, 0) is 21.9 Å². The van der Waals surface area contributed by atoms with E-state index in [1.165, 1.54) is 38.5 Å². The highest BCUT2D eigenvalue weighted by molar-refractivity contribution is 7.89. The number of hydrogen-bond donors (Lipinski definition) is 1. The number of rotatable bonds is 5. The zero-order chi connectivity index (χ0) is 19.8. The lowest BCUT2D eigenvalue weighted by Gasteiger charge is -2.35. The average Bonchev–Trinajstić information content (AvgIpc) is 3.30. The summed E-state index contributed by atoms with van der Waals surface area (Å²) >= 11 is 0. The van der Waals surface area contributed by atoms with Gasteiger partial charge >= 0.3 is 5.97 Å².